The molecular weight excluding hydrogens is 450 g/mol. The van der Waals surface area contributed by atoms with Crippen LogP contribution in [-0.2, 0) is 4.79 Å². The molecule has 3 rings (SSSR count). The molecule has 1 aliphatic rings. The number of amides is 2. The van der Waals surface area contributed by atoms with Gasteiger partial charge in [-0.1, -0.05) is 6.42 Å². The molecule has 0 atom stereocenters. The number of aromatic amines is 1. The first kappa shape index (κ1) is 18.5. The summed E-state index contributed by atoms with van der Waals surface area (Å²) in [5, 5.41) is 3.84. The topological polar surface area (TPSA) is 65.2 Å². The van der Waals surface area contributed by atoms with E-state index in [1.54, 1.807) is 6.20 Å². The van der Waals surface area contributed by atoms with Crippen molar-refractivity contribution in [2.75, 3.05) is 19.6 Å². The van der Waals surface area contributed by atoms with Crippen LogP contribution in [0.1, 0.15) is 42.5 Å². The average molecular weight is 471 g/mol. The minimum absolute atomic E-state index is 0.0948. The Bertz CT molecular complexity index is 788. The summed E-state index contributed by atoms with van der Waals surface area (Å²) in [6.45, 7) is 2.12. The van der Waals surface area contributed by atoms with Crippen molar-refractivity contribution < 1.29 is 9.59 Å². The third-order valence-electron chi connectivity index (χ3n) is 4.53. The Hall–Kier alpha value is -1.34. The monoisotopic (exact) mass is 469 g/mol. The average Bonchev–Trinajstić information content (AvgIpc) is 2.87. The molecule has 0 bridgehead atoms. The van der Waals surface area contributed by atoms with E-state index in [4.69, 9.17) is 0 Å². The van der Waals surface area contributed by atoms with Crippen molar-refractivity contribution in [1.82, 2.24) is 15.2 Å². The predicted molar refractivity (Wildman–Crippen MR) is 106 cm³/mol. The van der Waals surface area contributed by atoms with Crippen molar-refractivity contribution in [2.24, 2.45) is 0 Å². The molecule has 0 spiro atoms. The van der Waals surface area contributed by atoms with Crippen LogP contribution in [0.5, 0.6) is 0 Å². The molecule has 0 aliphatic carbocycles. The van der Waals surface area contributed by atoms with Gasteiger partial charge in [0.1, 0.15) is 0 Å². The molecule has 1 aromatic carbocycles. The number of carbonyl (C=O) groups excluding carboxylic acids is 2. The number of H-pyrrole nitrogens is 1. The Morgan fingerprint density at radius 3 is 2.84 bits per heavy atom. The molecule has 0 radical (unpaired) electrons. The number of likely N-dealkylation sites (tertiary alicyclic amines) is 1. The number of hydrogen-bond donors (Lipinski definition) is 2. The molecule has 1 fully saturated rings. The normalized spacial score (nSPS) is 15.4. The van der Waals surface area contributed by atoms with Crippen LogP contribution < -0.4 is 5.32 Å². The molecule has 1 aromatic heterocycles. The minimum atomic E-state index is -0.0948. The fourth-order valence-electron chi connectivity index (χ4n) is 3.15. The molecule has 25 heavy (non-hydrogen) atoms. The number of carbonyl (C=O) groups is 2. The Morgan fingerprint density at radius 1 is 1.20 bits per heavy atom. The van der Waals surface area contributed by atoms with Crippen LogP contribution in [0.15, 0.2) is 27.3 Å². The van der Waals surface area contributed by atoms with Gasteiger partial charge in [-0.25, -0.2) is 0 Å². The lowest BCUT2D eigenvalue weighted by Crippen LogP contribution is -2.33. The van der Waals surface area contributed by atoms with Gasteiger partial charge in [-0.05, 0) is 63.3 Å². The summed E-state index contributed by atoms with van der Waals surface area (Å²) in [6.07, 6.45) is 6.37. The molecule has 0 saturated carbocycles. The van der Waals surface area contributed by atoms with E-state index in [0.717, 1.165) is 52.1 Å². The van der Waals surface area contributed by atoms with Gasteiger partial charge in [0.2, 0.25) is 5.91 Å². The van der Waals surface area contributed by atoms with Gasteiger partial charge in [-0.2, -0.15) is 0 Å². The van der Waals surface area contributed by atoms with E-state index in [1.807, 2.05) is 17.0 Å². The maximum absolute atomic E-state index is 12.4. The largest absolute Gasteiger partial charge is 0.360 e. The summed E-state index contributed by atoms with van der Waals surface area (Å²) in [4.78, 5) is 29.5. The zero-order valence-electron chi connectivity index (χ0n) is 13.9. The second kappa shape index (κ2) is 8.36. The highest BCUT2D eigenvalue weighted by atomic mass is 79.9. The molecule has 5 nitrogen and oxygen atoms in total. The Kier molecular flexibility index (Phi) is 6.17. The number of halogens is 2. The Morgan fingerprint density at radius 2 is 2.00 bits per heavy atom. The lowest BCUT2D eigenvalue weighted by atomic mass is 10.1. The lowest BCUT2D eigenvalue weighted by Gasteiger charge is -2.20. The summed E-state index contributed by atoms with van der Waals surface area (Å²) in [5.74, 6) is 0.151. The van der Waals surface area contributed by atoms with E-state index in [1.165, 1.54) is 0 Å². The number of hydrogen-bond acceptors (Lipinski definition) is 2. The van der Waals surface area contributed by atoms with Crippen LogP contribution in [-0.4, -0.2) is 41.3 Å². The van der Waals surface area contributed by atoms with Crippen LogP contribution in [0.4, 0.5) is 0 Å². The van der Waals surface area contributed by atoms with Crippen molar-refractivity contribution >= 4 is 54.6 Å². The number of benzene rings is 1. The Balaban J connectivity index is 1.54. The zero-order chi connectivity index (χ0) is 17.8. The lowest BCUT2D eigenvalue weighted by molar-refractivity contribution is -0.130. The van der Waals surface area contributed by atoms with Crippen molar-refractivity contribution in [3.63, 3.8) is 0 Å². The SMILES string of the molecule is O=C(NCCCN1CCCCCC1=O)c1c[nH]c2cc(Br)c(Br)cc12. The highest BCUT2D eigenvalue weighted by Gasteiger charge is 2.16. The summed E-state index contributed by atoms with van der Waals surface area (Å²) in [6, 6.07) is 3.88. The number of rotatable bonds is 5. The van der Waals surface area contributed by atoms with Gasteiger partial charge in [-0.15, -0.1) is 0 Å². The van der Waals surface area contributed by atoms with Gasteiger partial charge in [0.05, 0.1) is 5.56 Å². The summed E-state index contributed by atoms with van der Waals surface area (Å²) >= 11 is 6.94. The quantitative estimate of drug-likeness (QED) is 0.642. The van der Waals surface area contributed by atoms with Gasteiger partial charge in [0.25, 0.3) is 5.91 Å². The number of nitrogens with one attached hydrogen (secondary N) is 2. The van der Waals surface area contributed by atoms with E-state index < -0.39 is 0 Å². The standard InChI is InChI=1S/C18H21Br2N3O2/c19-14-9-12-13(11-22-16(12)10-15(14)20)18(25)21-6-4-8-23-7-3-1-2-5-17(23)24/h9-11,22H,1-8H2,(H,21,25). The van der Waals surface area contributed by atoms with Crippen LogP contribution in [0.25, 0.3) is 10.9 Å². The first-order chi connectivity index (χ1) is 12.1. The molecule has 0 unspecified atom stereocenters. The molecule has 2 aromatic rings. The van der Waals surface area contributed by atoms with Crippen LogP contribution in [0.3, 0.4) is 0 Å². The smallest absolute Gasteiger partial charge is 0.253 e. The zero-order valence-corrected chi connectivity index (χ0v) is 17.1. The van der Waals surface area contributed by atoms with Crippen LogP contribution in [0.2, 0.25) is 0 Å². The first-order valence-electron chi connectivity index (χ1n) is 8.58. The highest BCUT2D eigenvalue weighted by Crippen LogP contribution is 2.30. The molecule has 2 heterocycles. The fourth-order valence-corrected chi connectivity index (χ4v) is 3.83. The number of aromatic nitrogens is 1. The van der Waals surface area contributed by atoms with E-state index in [9.17, 15) is 9.59 Å². The van der Waals surface area contributed by atoms with Gasteiger partial charge in [0.15, 0.2) is 0 Å². The van der Waals surface area contributed by atoms with Crippen molar-refractivity contribution in [2.45, 2.75) is 32.1 Å². The van der Waals surface area contributed by atoms with Crippen LogP contribution in [0, 0.1) is 0 Å². The summed E-state index contributed by atoms with van der Waals surface area (Å²) < 4.78 is 1.85. The summed E-state index contributed by atoms with van der Waals surface area (Å²) in [5.41, 5.74) is 1.55. The fraction of sp³-hybridized carbons (Fsp3) is 0.444. The van der Waals surface area contributed by atoms with Crippen molar-refractivity contribution in [1.29, 1.82) is 0 Å². The molecule has 134 valence electrons. The number of nitrogens with zero attached hydrogens (tertiary/aromatic N) is 1. The first-order valence-corrected chi connectivity index (χ1v) is 10.2. The molecular formula is C18H21Br2N3O2. The van der Waals surface area contributed by atoms with E-state index in [2.05, 4.69) is 42.2 Å². The summed E-state index contributed by atoms with van der Waals surface area (Å²) in [7, 11) is 0. The van der Waals surface area contributed by atoms with Gasteiger partial charge >= 0.3 is 0 Å². The minimum Gasteiger partial charge on any atom is -0.360 e. The van der Waals surface area contributed by atoms with Gasteiger partial charge < -0.3 is 15.2 Å². The maximum Gasteiger partial charge on any atom is 0.253 e. The Labute approximate surface area is 163 Å². The van der Waals surface area contributed by atoms with Crippen molar-refractivity contribution in [3.05, 3.63) is 32.8 Å². The van der Waals surface area contributed by atoms with E-state index >= 15 is 0 Å². The van der Waals surface area contributed by atoms with Gasteiger partial charge in [-0.3, -0.25) is 9.59 Å². The van der Waals surface area contributed by atoms with E-state index in [-0.39, 0.29) is 11.8 Å². The molecule has 1 aliphatic heterocycles. The highest BCUT2D eigenvalue weighted by molar-refractivity contribution is 9.13. The molecule has 2 amide bonds. The molecule has 2 N–H and O–H groups in total. The van der Waals surface area contributed by atoms with Crippen LogP contribution >= 0.6 is 31.9 Å². The van der Waals surface area contributed by atoms with Crippen molar-refractivity contribution in [3.8, 4) is 0 Å². The van der Waals surface area contributed by atoms with Gasteiger partial charge in [0, 0.05) is 52.1 Å². The third kappa shape index (κ3) is 4.44. The third-order valence-corrected chi connectivity index (χ3v) is 6.37. The van der Waals surface area contributed by atoms with E-state index in [0.29, 0.717) is 25.1 Å². The molecule has 1 saturated heterocycles. The second-order valence-corrected chi connectivity index (χ2v) is 8.02. The maximum atomic E-state index is 12.4. The number of fused-ring (bicyclic) bond motifs is 1. The molecule has 7 heteroatoms. The predicted octanol–water partition coefficient (Wildman–Crippen LogP) is 4.22. The second-order valence-electron chi connectivity index (χ2n) is 6.32.